The van der Waals surface area contributed by atoms with Crippen molar-refractivity contribution in [3.05, 3.63) is 58.5 Å². The molecule has 0 radical (unpaired) electrons. The van der Waals surface area contributed by atoms with Crippen molar-refractivity contribution in [2.45, 2.75) is 31.3 Å². The van der Waals surface area contributed by atoms with E-state index in [1.165, 1.54) is 7.11 Å². The summed E-state index contributed by atoms with van der Waals surface area (Å²) in [7, 11) is 1.54. The second kappa shape index (κ2) is 7.81. The lowest BCUT2D eigenvalue weighted by Gasteiger charge is -2.43. The lowest BCUT2D eigenvalue weighted by atomic mass is 9.83. The summed E-state index contributed by atoms with van der Waals surface area (Å²) < 4.78 is 6.93. The number of methoxy groups -OCH3 is 1. The predicted molar refractivity (Wildman–Crippen MR) is 116 cm³/mol. The Morgan fingerprint density at radius 2 is 1.84 bits per heavy atom. The van der Waals surface area contributed by atoms with E-state index in [9.17, 15) is 19.2 Å². The molecule has 1 aromatic carbocycles. The van der Waals surface area contributed by atoms with E-state index in [0.717, 1.165) is 17.0 Å². The number of pyridine rings is 1. The number of hydrogen-bond acceptors (Lipinski definition) is 5. The summed E-state index contributed by atoms with van der Waals surface area (Å²) >= 11 is 0. The molecule has 0 spiro atoms. The third-order valence-electron chi connectivity index (χ3n) is 6.56. The van der Waals surface area contributed by atoms with Crippen molar-refractivity contribution in [1.29, 1.82) is 0 Å². The van der Waals surface area contributed by atoms with Gasteiger partial charge in [-0.25, -0.2) is 9.69 Å². The second-order valence-electron chi connectivity index (χ2n) is 8.57. The first kappa shape index (κ1) is 20.3. The van der Waals surface area contributed by atoms with Gasteiger partial charge in [0.1, 0.15) is 11.8 Å². The molecule has 1 unspecified atom stereocenters. The van der Waals surface area contributed by atoms with Crippen molar-refractivity contribution in [2.75, 3.05) is 25.1 Å². The molecule has 4 amide bonds. The van der Waals surface area contributed by atoms with Crippen LogP contribution in [0.3, 0.4) is 0 Å². The maximum absolute atomic E-state index is 13.1. The Bertz CT molecular complexity index is 1140. The number of piperidine rings is 1. The number of nitrogens with one attached hydrogen (secondary N) is 1. The molecule has 4 heterocycles. The number of rotatable bonds is 4. The Hall–Kier alpha value is -3.62. The average molecular weight is 436 g/mol. The minimum atomic E-state index is -0.895. The quantitative estimate of drug-likeness (QED) is 0.729. The first-order valence-corrected chi connectivity index (χ1v) is 10.7. The van der Waals surface area contributed by atoms with Crippen LogP contribution in [0.15, 0.2) is 47.3 Å². The second-order valence-corrected chi connectivity index (χ2v) is 8.57. The molecule has 3 atom stereocenters. The van der Waals surface area contributed by atoms with E-state index in [1.54, 1.807) is 41.3 Å². The van der Waals surface area contributed by atoms with Gasteiger partial charge in [0.2, 0.25) is 5.91 Å². The number of hydrogen-bond donors (Lipinski definition) is 1. The summed E-state index contributed by atoms with van der Waals surface area (Å²) in [6.45, 7) is 1.66. The van der Waals surface area contributed by atoms with Crippen LogP contribution in [0.25, 0.3) is 0 Å². The number of aromatic nitrogens is 1. The van der Waals surface area contributed by atoms with Crippen molar-refractivity contribution in [3.63, 3.8) is 0 Å². The van der Waals surface area contributed by atoms with Crippen LogP contribution < -0.4 is 20.5 Å². The molecular formula is C23H24N4O5. The van der Waals surface area contributed by atoms with Crippen LogP contribution in [-0.2, 0) is 16.1 Å². The van der Waals surface area contributed by atoms with Gasteiger partial charge in [-0.05, 0) is 42.7 Å². The lowest BCUT2D eigenvalue weighted by Crippen LogP contribution is -2.50. The zero-order valence-electron chi connectivity index (χ0n) is 17.7. The van der Waals surface area contributed by atoms with Crippen molar-refractivity contribution in [3.8, 4) is 5.75 Å². The molecular weight excluding hydrogens is 412 g/mol. The molecule has 2 fully saturated rings. The highest BCUT2D eigenvalue weighted by atomic mass is 16.5. The fourth-order valence-corrected chi connectivity index (χ4v) is 5.05. The molecule has 3 aliphatic rings. The predicted octanol–water partition coefficient (Wildman–Crippen LogP) is 1.32. The zero-order valence-corrected chi connectivity index (χ0v) is 17.7. The molecule has 2 saturated heterocycles. The van der Waals surface area contributed by atoms with E-state index < -0.39 is 18.0 Å². The van der Waals surface area contributed by atoms with Gasteiger partial charge in [-0.15, -0.1) is 0 Å². The standard InChI is InChI=1S/C23H24N4O5/c1-32-17-7-5-16(6-8-17)27-22(30)18(24-23(27)31)10-21(29)25-11-14-9-15(13-25)19-3-2-4-20(28)26(19)12-14/h2-8,14-15,18H,9-13H2,1H3,(H,24,31)/t14-,15+,18?/m1/s1. The van der Waals surface area contributed by atoms with E-state index >= 15 is 0 Å². The SMILES string of the molecule is COc1ccc(N2C(=O)NC(CC(=O)N3C[C@H]4C[C@@H](C3)c3cccc(=O)n3C4)C2=O)cc1. The summed E-state index contributed by atoms with van der Waals surface area (Å²) in [5.41, 5.74) is 1.38. The van der Waals surface area contributed by atoms with Crippen LogP contribution in [0.2, 0.25) is 0 Å². The van der Waals surface area contributed by atoms with Crippen molar-refractivity contribution < 1.29 is 19.1 Å². The van der Waals surface area contributed by atoms with Crippen LogP contribution in [0.1, 0.15) is 24.5 Å². The number of likely N-dealkylation sites (tertiary alicyclic amines) is 1. The first-order chi connectivity index (χ1) is 15.4. The molecule has 9 nitrogen and oxygen atoms in total. The van der Waals surface area contributed by atoms with Gasteiger partial charge in [-0.3, -0.25) is 14.4 Å². The highest BCUT2D eigenvalue weighted by molar-refractivity contribution is 6.22. The van der Waals surface area contributed by atoms with Crippen LogP contribution in [0, 0.1) is 5.92 Å². The van der Waals surface area contributed by atoms with Gasteiger partial charge >= 0.3 is 6.03 Å². The fraction of sp³-hybridized carbons (Fsp3) is 0.391. The maximum atomic E-state index is 13.1. The number of amides is 4. The molecule has 166 valence electrons. The van der Waals surface area contributed by atoms with Gasteiger partial charge in [0.05, 0.1) is 19.2 Å². The Morgan fingerprint density at radius 3 is 2.59 bits per heavy atom. The molecule has 0 aliphatic carbocycles. The summed E-state index contributed by atoms with van der Waals surface area (Å²) in [4.78, 5) is 53.4. The topological polar surface area (TPSA) is 101 Å². The van der Waals surface area contributed by atoms with Crippen molar-refractivity contribution in [1.82, 2.24) is 14.8 Å². The van der Waals surface area contributed by atoms with Crippen molar-refractivity contribution in [2.24, 2.45) is 5.92 Å². The minimum absolute atomic E-state index is 0.00476. The minimum Gasteiger partial charge on any atom is -0.497 e. The van der Waals surface area contributed by atoms with E-state index in [4.69, 9.17) is 4.74 Å². The first-order valence-electron chi connectivity index (χ1n) is 10.7. The molecule has 1 aromatic heterocycles. The third-order valence-corrected chi connectivity index (χ3v) is 6.56. The normalized spacial score (nSPS) is 24.2. The number of benzene rings is 1. The maximum Gasteiger partial charge on any atom is 0.329 e. The molecule has 2 bridgehead atoms. The number of carbonyl (C=O) groups is 3. The number of imide groups is 1. The summed E-state index contributed by atoms with van der Waals surface area (Å²) in [6.07, 6.45) is 0.857. The highest BCUT2D eigenvalue weighted by Crippen LogP contribution is 2.35. The molecule has 0 saturated carbocycles. The average Bonchev–Trinajstić information content (AvgIpc) is 3.07. The number of fused-ring (bicyclic) bond motifs is 4. The smallest absolute Gasteiger partial charge is 0.329 e. The Morgan fingerprint density at radius 1 is 1.06 bits per heavy atom. The van der Waals surface area contributed by atoms with Crippen LogP contribution >= 0.6 is 0 Å². The van der Waals surface area contributed by atoms with E-state index in [1.807, 2.05) is 10.6 Å². The summed E-state index contributed by atoms with van der Waals surface area (Å²) in [6, 6.07) is 10.4. The number of carbonyl (C=O) groups excluding carboxylic acids is 3. The number of urea groups is 1. The molecule has 32 heavy (non-hydrogen) atoms. The van der Waals surface area contributed by atoms with Crippen LogP contribution in [0.4, 0.5) is 10.5 Å². The van der Waals surface area contributed by atoms with E-state index in [2.05, 4.69) is 5.32 Å². The Kier molecular flexibility index (Phi) is 4.96. The zero-order chi connectivity index (χ0) is 22.4. The number of nitrogens with zero attached hydrogens (tertiary/aromatic N) is 3. The summed E-state index contributed by atoms with van der Waals surface area (Å²) in [5.74, 6) is 0.316. The van der Waals surface area contributed by atoms with Gasteiger partial charge in [-0.1, -0.05) is 6.07 Å². The lowest BCUT2D eigenvalue weighted by molar-refractivity contribution is -0.136. The molecule has 5 rings (SSSR count). The third kappa shape index (κ3) is 3.43. The molecule has 2 aromatic rings. The van der Waals surface area contributed by atoms with E-state index in [0.29, 0.717) is 31.1 Å². The van der Waals surface area contributed by atoms with Crippen LogP contribution in [0.5, 0.6) is 5.75 Å². The van der Waals surface area contributed by atoms with Gasteiger partial charge in [0.15, 0.2) is 0 Å². The van der Waals surface area contributed by atoms with E-state index in [-0.39, 0.29) is 29.7 Å². The Balaban J connectivity index is 1.28. The van der Waals surface area contributed by atoms with Gasteiger partial charge in [-0.2, -0.15) is 0 Å². The van der Waals surface area contributed by atoms with Gasteiger partial charge < -0.3 is 19.5 Å². The monoisotopic (exact) mass is 436 g/mol. The molecule has 9 heteroatoms. The highest BCUT2D eigenvalue weighted by Gasteiger charge is 2.42. The number of ether oxygens (including phenoxy) is 1. The Labute approximate surface area is 184 Å². The fourth-order valence-electron chi connectivity index (χ4n) is 5.05. The largest absolute Gasteiger partial charge is 0.497 e. The van der Waals surface area contributed by atoms with Crippen molar-refractivity contribution >= 4 is 23.5 Å². The van der Waals surface area contributed by atoms with Crippen LogP contribution in [-0.4, -0.2) is 53.6 Å². The molecule has 3 aliphatic heterocycles. The number of anilines is 1. The molecule has 1 N–H and O–H groups in total. The van der Waals surface area contributed by atoms with Gasteiger partial charge in [0.25, 0.3) is 11.5 Å². The summed E-state index contributed by atoms with van der Waals surface area (Å²) in [5, 5.41) is 2.64. The van der Waals surface area contributed by atoms with Gasteiger partial charge in [0, 0.05) is 37.3 Å².